The third-order valence-electron chi connectivity index (χ3n) is 2.03. The minimum atomic E-state index is -0.455. The predicted octanol–water partition coefficient (Wildman–Crippen LogP) is 0.561. The van der Waals surface area contributed by atoms with Crippen molar-refractivity contribution >= 4 is 0 Å². The van der Waals surface area contributed by atoms with Crippen molar-refractivity contribution in [2.75, 3.05) is 13.2 Å². The van der Waals surface area contributed by atoms with E-state index in [2.05, 4.69) is 0 Å². The van der Waals surface area contributed by atoms with Crippen LogP contribution in [0.5, 0.6) is 0 Å². The first-order valence-electron chi connectivity index (χ1n) is 4.17. The van der Waals surface area contributed by atoms with Gasteiger partial charge in [0.1, 0.15) is 6.10 Å². The smallest absolute Gasteiger partial charge is 0.106 e. The quantitative estimate of drug-likeness (QED) is 0.641. The van der Waals surface area contributed by atoms with Gasteiger partial charge in [-0.05, 0) is 20.3 Å². The van der Waals surface area contributed by atoms with Crippen LogP contribution >= 0.6 is 0 Å². The molecule has 1 rings (SSSR count). The van der Waals surface area contributed by atoms with Crippen LogP contribution in [-0.2, 0) is 9.47 Å². The molecule has 0 bridgehead atoms. The lowest BCUT2D eigenvalue weighted by Gasteiger charge is -2.32. The molecule has 1 N–H and O–H groups in total. The Hall–Kier alpha value is -0.120. The zero-order valence-corrected chi connectivity index (χ0v) is 7.12. The molecule has 1 aliphatic heterocycles. The molecule has 1 saturated heterocycles. The van der Waals surface area contributed by atoms with Gasteiger partial charge in [-0.25, -0.2) is 0 Å². The third kappa shape index (κ3) is 2.15. The molecule has 0 radical (unpaired) electrons. The van der Waals surface area contributed by atoms with Crippen LogP contribution in [0.15, 0.2) is 0 Å². The summed E-state index contributed by atoms with van der Waals surface area (Å²) in [6, 6.07) is 0. The van der Waals surface area contributed by atoms with Gasteiger partial charge in [-0.1, -0.05) is 0 Å². The molecule has 0 aliphatic carbocycles. The molecular weight excluding hydrogens is 144 g/mol. The largest absolute Gasteiger partial charge is 0.388 e. The van der Waals surface area contributed by atoms with Crippen molar-refractivity contribution in [3.63, 3.8) is 0 Å². The summed E-state index contributed by atoms with van der Waals surface area (Å²) < 4.78 is 10.6. The molecule has 3 nitrogen and oxygen atoms in total. The average Bonchev–Trinajstić information content (AvgIpc) is 1.99. The standard InChI is InChI=1S/C8H16O3/c1-3-10-7-4-5-11-6(2)8(7)9/h6-9H,3-5H2,1-2H3/t6?,7?,8-/m0/s1. The zero-order chi connectivity index (χ0) is 8.27. The van der Waals surface area contributed by atoms with Crippen molar-refractivity contribution in [3.05, 3.63) is 0 Å². The Morgan fingerprint density at radius 1 is 1.64 bits per heavy atom. The Labute approximate surface area is 67.3 Å². The van der Waals surface area contributed by atoms with Gasteiger partial charge < -0.3 is 14.6 Å². The Morgan fingerprint density at radius 3 is 3.00 bits per heavy atom. The van der Waals surface area contributed by atoms with E-state index in [1.165, 1.54) is 0 Å². The lowest BCUT2D eigenvalue weighted by Crippen LogP contribution is -2.44. The summed E-state index contributed by atoms with van der Waals surface area (Å²) >= 11 is 0. The summed E-state index contributed by atoms with van der Waals surface area (Å²) in [4.78, 5) is 0. The van der Waals surface area contributed by atoms with E-state index in [0.717, 1.165) is 6.42 Å². The van der Waals surface area contributed by atoms with Gasteiger partial charge in [0.05, 0.1) is 12.2 Å². The van der Waals surface area contributed by atoms with Crippen LogP contribution in [0.2, 0.25) is 0 Å². The third-order valence-corrected chi connectivity index (χ3v) is 2.03. The molecule has 1 fully saturated rings. The van der Waals surface area contributed by atoms with Gasteiger partial charge in [-0.3, -0.25) is 0 Å². The van der Waals surface area contributed by atoms with Gasteiger partial charge in [0, 0.05) is 13.2 Å². The Kier molecular flexibility index (Phi) is 3.30. The van der Waals surface area contributed by atoms with E-state index in [1.54, 1.807) is 0 Å². The highest BCUT2D eigenvalue weighted by atomic mass is 16.5. The van der Waals surface area contributed by atoms with Crippen LogP contribution in [0.3, 0.4) is 0 Å². The molecule has 1 heterocycles. The normalized spacial score (nSPS) is 39.0. The fraction of sp³-hybridized carbons (Fsp3) is 1.00. The van der Waals surface area contributed by atoms with E-state index in [1.807, 2.05) is 13.8 Å². The van der Waals surface area contributed by atoms with E-state index < -0.39 is 6.10 Å². The van der Waals surface area contributed by atoms with E-state index in [4.69, 9.17) is 9.47 Å². The lowest BCUT2D eigenvalue weighted by molar-refractivity contribution is -0.146. The van der Waals surface area contributed by atoms with Crippen molar-refractivity contribution in [2.24, 2.45) is 0 Å². The Morgan fingerprint density at radius 2 is 2.36 bits per heavy atom. The fourth-order valence-electron chi connectivity index (χ4n) is 1.34. The molecule has 0 aromatic carbocycles. The maximum atomic E-state index is 9.52. The average molecular weight is 160 g/mol. The number of hydrogen-bond donors (Lipinski definition) is 1. The molecule has 2 unspecified atom stereocenters. The number of aliphatic hydroxyl groups excluding tert-OH is 1. The minimum absolute atomic E-state index is 0.0243. The van der Waals surface area contributed by atoms with Gasteiger partial charge in [0.15, 0.2) is 0 Å². The second kappa shape index (κ2) is 4.04. The number of hydrogen-bond acceptors (Lipinski definition) is 3. The van der Waals surface area contributed by atoms with E-state index in [0.29, 0.717) is 13.2 Å². The zero-order valence-electron chi connectivity index (χ0n) is 7.12. The SMILES string of the molecule is CCOC1CCOC(C)[C@@H]1O. The van der Waals surface area contributed by atoms with Gasteiger partial charge >= 0.3 is 0 Å². The second-order valence-electron chi connectivity index (χ2n) is 2.85. The van der Waals surface area contributed by atoms with Crippen LogP contribution in [-0.4, -0.2) is 36.6 Å². The van der Waals surface area contributed by atoms with Crippen molar-refractivity contribution in [1.82, 2.24) is 0 Å². The molecular formula is C8H16O3. The molecule has 3 heteroatoms. The van der Waals surface area contributed by atoms with Gasteiger partial charge in [0.25, 0.3) is 0 Å². The van der Waals surface area contributed by atoms with E-state index in [-0.39, 0.29) is 12.2 Å². The summed E-state index contributed by atoms with van der Waals surface area (Å²) in [6.45, 7) is 5.17. The summed E-state index contributed by atoms with van der Waals surface area (Å²) in [6.07, 6.45) is 0.243. The predicted molar refractivity (Wildman–Crippen MR) is 41.5 cm³/mol. The number of aliphatic hydroxyl groups is 1. The van der Waals surface area contributed by atoms with Crippen molar-refractivity contribution in [3.8, 4) is 0 Å². The Bertz CT molecular complexity index is 114. The van der Waals surface area contributed by atoms with Crippen LogP contribution in [0.25, 0.3) is 0 Å². The first kappa shape index (κ1) is 8.97. The maximum Gasteiger partial charge on any atom is 0.106 e. The molecule has 66 valence electrons. The first-order valence-corrected chi connectivity index (χ1v) is 4.17. The van der Waals surface area contributed by atoms with Crippen LogP contribution < -0.4 is 0 Å². The molecule has 0 aromatic heterocycles. The van der Waals surface area contributed by atoms with Gasteiger partial charge in [0.2, 0.25) is 0 Å². The molecule has 0 saturated carbocycles. The van der Waals surface area contributed by atoms with Crippen molar-refractivity contribution in [1.29, 1.82) is 0 Å². The summed E-state index contributed by atoms with van der Waals surface area (Å²) in [5, 5.41) is 9.52. The summed E-state index contributed by atoms with van der Waals surface area (Å²) in [5.41, 5.74) is 0. The Balaban J connectivity index is 2.38. The van der Waals surface area contributed by atoms with Crippen LogP contribution in [0.4, 0.5) is 0 Å². The van der Waals surface area contributed by atoms with Crippen molar-refractivity contribution in [2.45, 2.75) is 38.6 Å². The molecule has 1 aliphatic rings. The fourth-order valence-corrected chi connectivity index (χ4v) is 1.34. The highest BCUT2D eigenvalue weighted by Gasteiger charge is 2.29. The molecule has 3 atom stereocenters. The number of ether oxygens (including phenoxy) is 2. The molecule has 0 spiro atoms. The number of rotatable bonds is 2. The van der Waals surface area contributed by atoms with Crippen LogP contribution in [0.1, 0.15) is 20.3 Å². The second-order valence-corrected chi connectivity index (χ2v) is 2.85. The molecule has 11 heavy (non-hydrogen) atoms. The summed E-state index contributed by atoms with van der Waals surface area (Å²) in [5.74, 6) is 0. The summed E-state index contributed by atoms with van der Waals surface area (Å²) in [7, 11) is 0. The minimum Gasteiger partial charge on any atom is -0.388 e. The highest BCUT2D eigenvalue weighted by molar-refractivity contribution is 4.78. The van der Waals surface area contributed by atoms with Gasteiger partial charge in [-0.2, -0.15) is 0 Å². The van der Waals surface area contributed by atoms with Crippen molar-refractivity contribution < 1.29 is 14.6 Å². The first-order chi connectivity index (χ1) is 5.25. The topological polar surface area (TPSA) is 38.7 Å². The molecule has 0 amide bonds. The van der Waals surface area contributed by atoms with E-state index in [9.17, 15) is 5.11 Å². The lowest BCUT2D eigenvalue weighted by atomic mass is 10.0. The van der Waals surface area contributed by atoms with E-state index >= 15 is 0 Å². The van der Waals surface area contributed by atoms with Crippen LogP contribution in [0, 0.1) is 0 Å². The highest BCUT2D eigenvalue weighted by Crippen LogP contribution is 2.16. The maximum absolute atomic E-state index is 9.52. The monoisotopic (exact) mass is 160 g/mol. The molecule has 0 aromatic rings. The van der Waals surface area contributed by atoms with Gasteiger partial charge in [-0.15, -0.1) is 0 Å².